The van der Waals surface area contributed by atoms with Gasteiger partial charge in [-0.2, -0.15) is 20.1 Å². The number of aryl methyl sites for hydroxylation is 1. The normalized spacial score (nSPS) is 14.7. The smallest absolute Gasteiger partial charge is 0.233 e. The second kappa shape index (κ2) is 7.93. The van der Waals surface area contributed by atoms with Gasteiger partial charge >= 0.3 is 0 Å². The number of hydrogen-bond acceptors (Lipinski definition) is 6. The highest BCUT2D eigenvalue weighted by Gasteiger charge is 2.25. The first-order valence-electron chi connectivity index (χ1n) is 9.30. The molecular weight excluding hydrogens is 397 g/mol. The third kappa shape index (κ3) is 4.36. The van der Waals surface area contributed by atoms with E-state index in [2.05, 4.69) is 35.8 Å². The summed E-state index contributed by atoms with van der Waals surface area (Å²) in [5.41, 5.74) is 2.07. The SMILES string of the molecule is CCc1nc(Nc2cc(C3CC3)[nH]n2)nc(NC(C)c2ccc(Cl)cc2Cl)n1. The molecule has 1 atom stereocenters. The standard InChI is InChI=1S/C19H21Cl2N7/c1-3-16-23-18(22-10(2)13-7-6-12(20)8-14(13)21)26-19(24-16)25-17-9-15(27-28-17)11-4-5-11/h6-11H,3-5H2,1-2H3,(H3,22,23,24,25,26,27,28). The van der Waals surface area contributed by atoms with Crippen molar-refractivity contribution < 1.29 is 0 Å². The highest BCUT2D eigenvalue weighted by atomic mass is 35.5. The molecule has 1 saturated carbocycles. The van der Waals surface area contributed by atoms with Gasteiger partial charge in [0.05, 0.1) is 6.04 Å². The lowest BCUT2D eigenvalue weighted by Crippen LogP contribution is -2.13. The third-order valence-corrected chi connectivity index (χ3v) is 5.19. The van der Waals surface area contributed by atoms with Gasteiger partial charge in [-0.05, 0) is 37.5 Å². The Kier molecular flexibility index (Phi) is 5.37. The maximum Gasteiger partial charge on any atom is 0.233 e. The highest BCUT2D eigenvalue weighted by molar-refractivity contribution is 6.35. The predicted octanol–water partition coefficient (Wildman–Crippen LogP) is 5.26. The molecule has 1 aliphatic rings. The van der Waals surface area contributed by atoms with Crippen LogP contribution >= 0.6 is 23.2 Å². The first-order valence-corrected chi connectivity index (χ1v) is 10.1. The monoisotopic (exact) mass is 417 g/mol. The maximum atomic E-state index is 6.32. The summed E-state index contributed by atoms with van der Waals surface area (Å²) in [6, 6.07) is 7.34. The van der Waals surface area contributed by atoms with E-state index >= 15 is 0 Å². The van der Waals surface area contributed by atoms with E-state index < -0.39 is 0 Å². The van der Waals surface area contributed by atoms with Gasteiger partial charge in [0.1, 0.15) is 5.82 Å². The number of H-pyrrole nitrogens is 1. The summed E-state index contributed by atoms with van der Waals surface area (Å²) < 4.78 is 0. The summed E-state index contributed by atoms with van der Waals surface area (Å²) in [4.78, 5) is 13.4. The zero-order valence-corrected chi connectivity index (χ0v) is 17.1. The van der Waals surface area contributed by atoms with E-state index in [4.69, 9.17) is 23.2 Å². The summed E-state index contributed by atoms with van der Waals surface area (Å²) in [6.45, 7) is 4.00. The van der Waals surface area contributed by atoms with Crippen LogP contribution in [0.4, 0.5) is 17.7 Å². The molecule has 0 radical (unpaired) electrons. The Morgan fingerprint density at radius 1 is 1.14 bits per heavy atom. The lowest BCUT2D eigenvalue weighted by atomic mass is 10.1. The molecule has 3 aromatic rings. The second-order valence-corrected chi connectivity index (χ2v) is 7.74. The first-order chi connectivity index (χ1) is 13.5. The van der Waals surface area contributed by atoms with Crippen LogP contribution in [-0.4, -0.2) is 25.1 Å². The zero-order chi connectivity index (χ0) is 19.7. The van der Waals surface area contributed by atoms with Crippen molar-refractivity contribution in [2.45, 2.75) is 45.1 Å². The summed E-state index contributed by atoms with van der Waals surface area (Å²) >= 11 is 12.3. The van der Waals surface area contributed by atoms with Crippen LogP contribution < -0.4 is 10.6 Å². The molecule has 2 heterocycles. The molecule has 3 N–H and O–H groups in total. The van der Waals surface area contributed by atoms with Gasteiger partial charge in [0.15, 0.2) is 5.82 Å². The molecule has 28 heavy (non-hydrogen) atoms. The number of benzene rings is 1. The van der Waals surface area contributed by atoms with Crippen LogP contribution in [0.3, 0.4) is 0 Å². The van der Waals surface area contributed by atoms with Crippen molar-refractivity contribution in [3.8, 4) is 0 Å². The molecular formula is C19H21Cl2N7. The van der Waals surface area contributed by atoms with Crippen molar-refractivity contribution in [1.82, 2.24) is 25.1 Å². The van der Waals surface area contributed by atoms with Gasteiger partial charge < -0.3 is 10.6 Å². The first kappa shape index (κ1) is 19.0. The number of rotatable bonds is 7. The Bertz CT molecular complexity index is 984. The van der Waals surface area contributed by atoms with E-state index in [1.807, 2.05) is 32.0 Å². The molecule has 0 amide bonds. The molecule has 1 unspecified atom stereocenters. The van der Waals surface area contributed by atoms with Gasteiger partial charge in [0.2, 0.25) is 11.9 Å². The van der Waals surface area contributed by atoms with Crippen molar-refractivity contribution in [3.63, 3.8) is 0 Å². The van der Waals surface area contributed by atoms with Gasteiger partial charge in [-0.25, -0.2) is 0 Å². The molecule has 7 nitrogen and oxygen atoms in total. The average molecular weight is 418 g/mol. The Hall–Kier alpha value is -2.38. The van der Waals surface area contributed by atoms with E-state index in [1.165, 1.54) is 12.8 Å². The molecule has 146 valence electrons. The Morgan fingerprint density at radius 2 is 1.93 bits per heavy atom. The van der Waals surface area contributed by atoms with E-state index in [9.17, 15) is 0 Å². The van der Waals surface area contributed by atoms with Gasteiger partial charge in [-0.15, -0.1) is 0 Å². The van der Waals surface area contributed by atoms with Crippen molar-refractivity contribution in [1.29, 1.82) is 0 Å². The number of aromatic nitrogens is 5. The number of anilines is 3. The minimum Gasteiger partial charge on any atom is -0.347 e. The lowest BCUT2D eigenvalue weighted by Gasteiger charge is -2.16. The molecule has 4 rings (SSSR count). The molecule has 0 bridgehead atoms. The van der Waals surface area contributed by atoms with Crippen molar-refractivity contribution in [2.24, 2.45) is 0 Å². The summed E-state index contributed by atoms with van der Waals surface area (Å²) in [6.07, 6.45) is 3.12. The predicted molar refractivity (Wildman–Crippen MR) is 112 cm³/mol. The molecule has 0 spiro atoms. The topological polar surface area (TPSA) is 91.4 Å². The van der Waals surface area contributed by atoms with Gasteiger partial charge in [0.25, 0.3) is 0 Å². The van der Waals surface area contributed by atoms with Crippen LogP contribution in [-0.2, 0) is 6.42 Å². The Morgan fingerprint density at radius 3 is 2.64 bits per heavy atom. The van der Waals surface area contributed by atoms with Crippen LogP contribution in [0.25, 0.3) is 0 Å². The molecule has 1 aromatic carbocycles. The van der Waals surface area contributed by atoms with Crippen LogP contribution in [0.5, 0.6) is 0 Å². The number of aromatic amines is 1. The van der Waals surface area contributed by atoms with Gasteiger partial charge in [-0.3, -0.25) is 5.10 Å². The fourth-order valence-corrected chi connectivity index (χ4v) is 3.51. The largest absolute Gasteiger partial charge is 0.347 e. The van der Waals surface area contributed by atoms with Crippen molar-refractivity contribution in [3.05, 3.63) is 51.4 Å². The fraction of sp³-hybridized carbons (Fsp3) is 0.368. The van der Waals surface area contributed by atoms with Crippen LogP contribution in [0.2, 0.25) is 10.0 Å². The number of nitrogens with one attached hydrogen (secondary N) is 3. The Balaban J connectivity index is 1.53. The number of halogens is 2. The summed E-state index contributed by atoms with van der Waals surface area (Å²) in [5.74, 6) is 2.93. The Labute approximate surface area is 173 Å². The summed E-state index contributed by atoms with van der Waals surface area (Å²) in [7, 11) is 0. The molecule has 0 saturated heterocycles. The van der Waals surface area contributed by atoms with E-state index in [0.717, 1.165) is 11.3 Å². The zero-order valence-electron chi connectivity index (χ0n) is 15.6. The summed E-state index contributed by atoms with van der Waals surface area (Å²) in [5, 5.41) is 15.0. The third-order valence-electron chi connectivity index (χ3n) is 4.63. The highest BCUT2D eigenvalue weighted by Crippen LogP contribution is 2.39. The average Bonchev–Trinajstić information content (AvgIpc) is 3.41. The van der Waals surface area contributed by atoms with Crippen LogP contribution in [0.15, 0.2) is 24.3 Å². The van der Waals surface area contributed by atoms with Crippen molar-refractivity contribution in [2.75, 3.05) is 10.6 Å². The van der Waals surface area contributed by atoms with Crippen LogP contribution in [0, 0.1) is 0 Å². The minimum absolute atomic E-state index is 0.100. The lowest BCUT2D eigenvalue weighted by molar-refractivity contribution is 0.833. The molecule has 2 aromatic heterocycles. The van der Waals surface area contributed by atoms with E-state index in [-0.39, 0.29) is 6.04 Å². The van der Waals surface area contributed by atoms with Crippen molar-refractivity contribution >= 4 is 40.9 Å². The second-order valence-electron chi connectivity index (χ2n) is 6.89. The van der Waals surface area contributed by atoms with Gasteiger partial charge in [-0.1, -0.05) is 36.2 Å². The number of nitrogens with zero attached hydrogens (tertiary/aromatic N) is 4. The number of hydrogen-bond donors (Lipinski definition) is 3. The van der Waals surface area contributed by atoms with E-state index in [1.54, 1.807) is 6.07 Å². The fourth-order valence-electron chi connectivity index (χ4n) is 2.94. The quantitative estimate of drug-likeness (QED) is 0.485. The molecule has 1 fully saturated rings. The minimum atomic E-state index is -0.100. The van der Waals surface area contributed by atoms with Crippen LogP contribution in [0.1, 0.15) is 55.7 Å². The maximum absolute atomic E-state index is 6.32. The van der Waals surface area contributed by atoms with E-state index in [0.29, 0.717) is 45.9 Å². The molecule has 1 aliphatic carbocycles. The molecule has 9 heteroatoms. The van der Waals surface area contributed by atoms with Gasteiger partial charge in [0, 0.05) is 34.1 Å². The molecule has 0 aliphatic heterocycles.